The molecule has 0 radical (unpaired) electrons. The van der Waals surface area contributed by atoms with E-state index in [4.69, 9.17) is 0 Å². The average molecular weight is 355 g/mol. The molecule has 1 unspecified atom stereocenters. The minimum Gasteiger partial charge on any atom is -0.338 e. The van der Waals surface area contributed by atoms with Crippen LogP contribution in [-0.2, 0) is 4.79 Å². The molecule has 25 heavy (non-hydrogen) atoms. The number of hydrogen-bond donors (Lipinski definition) is 2. The lowest BCUT2D eigenvalue weighted by molar-refractivity contribution is -0.115. The molecule has 0 saturated carbocycles. The summed E-state index contributed by atoms with van der Waals surface area (Å²) in [6.07, 6.45) is 0. The van der Waals surface area contributed by atoms with Crippen molar-refractivity contribution in [2.45, 2.75) is 19.2 Å². The summed E-state index contributed by atoms with van der Waals surface area (Å²) < 4.78 is 0. The van der Waals surface area contributed by atoms with Crippen LogP contribution in [0.3, 0.4) is 0 Å². The first-order chi connectivity index (χ1) is 12.1. The first-order valence-corrected chi connectivity index (χ1v) is 9.29. The van der Waals surface area contributed by atoms with Crippen LogP contribution in [0, 0.1) is 6.92 Å². The predicted molar refractivity (Wildman–Crippen MR) is 103 cm³/mol. The number of amides is 3. The molecule has 0 aliphatic carbocycles. The molecule has 0 spiro atoms. The number of nitrogens with one attached hydrogen (secondary N) is 2. The molecule has 1 heterocycles. The number of carbonyl (C=O) groups is 2. The third kappa shape index (κ3) is 3.79. The number of benzene rings is 2. The van der Waals surface area contributed by atoms with E-state index in [2.05, 4.69) is 10.6 Å². The highest BCUT2D eigenvalue weighted by molar-refractivity contribution is 8.00. The average Bonchev–Trinajstić information content (AvgIpc) is 2.97. The molecule has 1 saturated heterocycles. The first kappa shape index (κ1) is 17.4. The van der Waals surface area contributed by atoms with Crippen LogP contribution in [0.1, 0.15) is 23.4 Å². The van der Waals surface area contributed by atoms with Crippen LogP contribution in [0.2, 0.25) is 0 Å². The summed E-state index contributed by atoms with van der Waals surface area (Å²) in [5, 5.41) is 5.44. The van der Waals surface area contributed by atoms with E-state index in [9.17, 15) is 9.59 Å². The number of hydrogen-bond acceptors (Lipinski definition) is 3. The maximum absolute atomic E-state index is 12.5. The SMILES string of the molecule is CCNC(=O)Nc1cccc(C2SCC(=O)N2c2ccccc2C)c1. The van der Waals surface area contributed by atoms with E-state index in [-0.39, 0.29) is 17.3 Å². The zero-order chi connectivity index (χ0) is 17.8. The van der Waals surface area contributed by atoms with Crippen molar-refractivity contribution >= 4 is 35.1 Å². The number of aryl methyl sites for hydroxylation is 1. The third-order valence-electron chi connectivity index (χ3n) is 4.01. The first-order valence-electron chi connectivity index (χ1n) is 8.24. The molecule has 3 rings (SSSR count). The molecule has 2 aromatic rings. The molecule has 1 aliphatic heterocycles. The second kappa shape index (κ2) is 7.61. The van der Waals surface area contributed by atoms with Crippen LogP contribution in [-0.4, -0.2) is 24.2 Å². The normalized spacial score (nSPS) is 16.8. The minimum atomic E-state index is -0.231. The Hall–Kier alpha value is -2.47. The molecule has 1 atom stereocenters. The Morgan fingerprint density at radius 2 is 2.04 bits per heavy atom. The Bertz CT molecular complexity index is 794. The number of para-hydroxylation sites is 1. The molecule has 0 bridgehead atoms. The molecule has 2 aromatic carbocycles. The van der Waals surface area contributed by atoms with Crippen molar-refractivity contribution in [1.82, 2.24) is 5.32 Å². The summed E-state index contributed by atoms with van der Waals surface area (Å²) >= 11 is 1.60. The Kier molecular flexibility index (Phi) is 5.28. The lowest BCUT2D eigenvalue weighted by atomic mass is 10.1. The van der Waals surface area contributed by atoms with Gasteiger partial charge in [-0.1, -0.05) is 30.3 Å². The molecule has 3 amide bonds. The van der Waals surface area contributed by atoms with Gasteiger partial charge >= 0.3 is 6.03 Å². The smallest absolute Gasteiger partial charge is 0.319 e. The van der Waals surface area contributed by atoms with Gasteiger partial charge in [-0.25, -0.2) is 4.79 Å². The van der Waals surface area contributed by atoms with E-state index >= 15 is 0 Å². The van der Waals surface area contributed by atoms with Crippen LogP contribution in [0.25, 0.3) is 0 Å². The highest BCUT2D eigenvalue weighted by atomic mass is 32.2. The molecule has 1 fully saturated rings. The third-order valence-corrected chi connectivity index (χ3v) is 5.22. The summed E-state index contributed by atoms with van der Waals surface area (Å²) in [5.41, 5.74) is 3.71. The number of thioether (sulfide) groups is 1. The monoisotopic (exact) mass is 355 g/mol. The lowest BCUT2D eigenvalue weighted by Gasteiger charge is -2.26. The van der Waals surface area contributed by atoms with Crippen molar-refractivity contribution in [3.05, 3.63) is 59.7 Å². The van der Waals surface area contributed by atoms with Gasteiger partial charge in [0.1, 0.15) is 5.37 Å². The maximum Gasteiger partial charge on any atom is 0.319 e. The maximum atomic E-state index is 12.5. The summed E-state index contributed by atoms with van der Waals surface area (Å²) in [7, 11) is 0. The molecule has 2 N–H and O–H groups in total. The van der Waals surface area contributed by atoms with Crippen molar-refractivity contribution in [3.63, 3.8) is 0 Å². The number of rotatable bonds is 4. The van der Waals surface area contributed by atoms with E-state index in [1.54, 1.807) is 11.8 Å². The van der Waals surface area contributed by atoms with Crippen molar-refractivity contribution in [3.8, 4) is 0 Å². The van der Waals surface area contributed by atoms with Gasteiger partial charge in [0.25, 0.3) is 0 Å². The summed E-state index contributed by atoms with van der Waals surface area (Å²) in [4.78, 5) is 26.1. The second-order valence-electron chi connectivity index (χ2n) is 5.82. The van der Waals surface area contributed by atoms with Crippen molar-refractivity contribution in [2.24, 2.45) is 0 Å². The Morgan fingerprint density at radius 3 is 2.80 bits per heavy atom. The van der Waals surface area contributed by atoms with Gasteiger partial charge in [-0.2, -0.15) is 0 Å². The van der Waals surface area contributed by atoms with Crippen molar-refractivity contribution < 1.29 is 9.59 Å². The van der Waals surface area contributed by atoms with Gasteiger partial charge < -0.3 is 10.6 Å². The number of nitrogens with zero attached hydrogens (tertiary/aromatic N) is 1. The summed E-state index contributed by atoms with van der Waals surface area (Å²) in [6, 6.07) is 15.3. The highest BCUT2D eigenvalue weighted by Crippen LogP contribution is 2.43. The van der Waals surface area contributed by atoms with Crippen molar-refractivity contribution in [1.29, 1.82) is 0 Å². The van der Waals surface area contributed by atoms with Crippen LogP contribution < -0.4 is 15.5 Å². The molecule has 5 nitrogen and oxygen atoms in total. The predicted octanol–water partition coefficient (Wildman–Crippen LogP) is 3.92. The van der Waals surface area contributed by atoms with E-state index in [1.165, 1.54) is 0 Å². The molecular weight excluding hydrogens is 334 g/mol. The van der Waals surface area contributed by atoms with Crippen LogP contribution in [0.4, 0.5) is 16.2 Å². The molecular formula is C19H21N3O2S. The fourth-order valence-electron chi connectivity index (χ4n) is 2.87. The van der Waals surface area contributed by atoms with Gasteiger partial charge in [0.05, 0.1) is 5.75 Å². The molecule has 130 valence electrons. The van der Waals surface area contributed by atoms with Gasteiger partial charge in [-0.3, -0.25) is 9.69 Å². The standard InChI is InChI=1S/C19H21N3O2S/c1-3-20-19(24)21-15-9-6-8-14(11-15)18-22(17(23)12-25-18)16-10-5-4-7-13(16)2/h4-11,18H,3,12H2,1-2H3,(H2,20,21,24). The Balaban J connectivity index is 1.89. The topological polar surface area (TPSA) is 61.4 Å². The molecule has 6 heteroatoms. The van der Waals surface area contributed by atoms with Crippen LogP contribution in [0.15, 0.2) is 48.5 Å². The summed E-state index contributed by atoms with van der Waals surface area (Å²) in [5.74, 6) is 0.555. The molecule has 0 aromatic heterocycles. The number of urea groups is 1. The molecule has 1 aliphatic rings. The lowest BCUT2D eigenvalue weighted by Crippen LogP contribution is -2.29. The Labute approximate surface area is 151 Å². The highest BCUT2D eigenvalue weighted by Gasteiger charge is 2.34. The summed E-state index contributed by atoms with van der Waals surface area (Å²) in [6.45, 7) is 4.45. The van der Waals surface area contributed by atoms with Gasteiger partial charge in [-0.15, -0.1) is 11.8 Å². The van der Waals surface area contributed by atoms with Crippen molar-refractivity contribution in [2.75, 3.05) is 22.5 Å². The van der Waals surface area contributed by atoms with E-state index in [0.717, 1.165) is 16.8 Å². The van der Waals surface area contributed by atoms with Gasteiger partial charge in [0, 0.05) is 17.9 Å². The number of anilines is 2. The largest absolute Gasteiger partial charge is 0.338 e. The van der Waals surface area contributed by atoms with Gasteiger partial charge in [0.15, 0.2) is 0 Å². The quantitative estimate of drug-likeness (QED) is 0.874. The fourth-order valence-corrected chi connectivity index (χ4v) is 4.03. The zero-order valence-corrected chi connectivity index (χ0v) is 15.1. The Morgan fingerprint density at radius 1 is 1.24 bits per heavy atom. The van der Waals surface area contributed by atoms with Gasteiger partial charge in [-0.05, 0) is 43.2 Å². The van der Waals surface area contributed by atoms with Gasteiger partial charge in [0.2, 0.25) is 5.91 Å². The van der Waals surface area contributed by atoms with E-state index in [1.807, 2.05) is 67.3 Å². The van der Waals surface area contributed by atoms with Crippen LogP contribution in [0.5, 0.6) is 0 Å². The zero-order valence-electron chi connectivity index (χ0n) is 14.3. The second-order valence-corrected chi connectivity index (χ2v) is 6.89. The fraction of sp³-hybridized carbons (Fsp3) is 0.263. The van der Waals surface area contributed by atoms with Crippen LogP contribution >= 0.6 is 11.8 Å². The van der Waals surface area contributed by atoms with E-state index < -0.39 is 0 Å². The minimum absolute atomic E-state index is 0.0930. The van der Waals surface area contributed by atoms with E-state index in [0.29, 0.717) is 18.0 Å². The number of carbonyl (C=O) groups excluding carboxylic acids is 2.